The minimum atomic E-state index is 0. The lowest BCUT2D eigenvalue weighted by atomic mass is 9.97. The normalized spacial score (nSPS) is 13.0. The van der Waals surface area contributed by atoms with Crippen LogP contribution in [-0.4, -0.2) is 42.5 Å². The summed E-state index contributed by atoms with van der Waals surface area (Å²) in [5.74, 6) is 0.0491. The average molecular weight is 376 g/mol. The highest BCUT2D eigenvalue weighted by atomic mass is 35.5. The fraction of sp³-hybridized carbons (Fsp3) is 0.611. The first-order valence-corrected chi connectivity index (χ1v) is 8.40. The summed E-state index contributed by atoms with van der Waals surface area (Å²) in [6.45, 7) is 11.3. The molecule has 0 saturated heterocycles. The second-order valence-corrected chi connectivity index (χ2v) is 6.54. The van der Waals surface area contributed by atoms with Gasteiger partial charge in [-0.1, -0.05) is 6.07 Å². The van der Waals surface area contributed by atoms with Crippen molar-refractivity contribution >= 4 is 36.4 Å². The number of benzene rings is 1. The highest BCUT2D eigenvalue weighted by Gasteiger charge is 2.18. The quantitative estimate of drug-likeness (QED) is 0.795. The Labute approximate surface area is 158 Å². The molecule has 0 spiro atoms. The Bertz CT molecular complexity index is 513. The summed E-state index contributed by atoms with van der Waals surface area (Å²) in [6, 6.07) is 6.94. The van der Waals surface area contributed by atoms with E-state index in [1.807, 2.05) is 12.1 Å². The van der Waals surface area contributed by atoms with Crippen molar-refractivity contribution in [3.8, 4) is 0 Å². The van der Waals surface area contributed by atoms with E-state index in [1.54, 1.807) is 0 Å². The third-order valence-electron chi connectivity index (χ3n) is 4.32. The van der Waals surface area contributed by atoms with E-state index in [1.165, 1.54) is 0 Å². The van der Waals surface area contributed by atoms with Gasteiger partial charge in [0.1, 0.15) is 0 Å². The van der Waals surface area contributed by atoms with Gasteiger partial charge in [0.25, 0.3) is 5.91 Å². The molecule has 0 fully saturated rings. The fourth-order valence-electron chi connectivity index (χ4n) is 3.23. The number of hydrogen-bond acceptors (Lipinski definition) is 3. The largest absolute Gasteiger partial charge is 0.385 e. The molecular weight excluding hydrogens is 345 g/mol. The SMILES string of the molecule is CC(C)N(CCNC(=O)c1cccc2c1CCCN2)C(C)C.Cl.Cl. The maximum absolute atomic E-state index is 12.5. The second kappa shape index (κ2) is 10.8. The predicted molar refractivity (Wildman–Crippen MR) is 107 cm³/mol. The van der Waals surface area contributed by atoms with Crippen LogP contribution in [0.25, 0.3) is 0 Å². The van der Waals surface area contributed by atoms with E-state index >= 15 is 0 Å². The number of nitrogens with one attached hydrogen (secondary N) is 2. The molecule has 4 nitrogen and oxygen atoms in total. The third kappa shape index (κ3) is 5.83. The molecule has 1 aliphatic rings. The molecule has 24 heavy (non-hydrogen) atoms. The van der Waals surface area contributed by atoms with Gasteiger partial charge in [0, 0.05) is 43.0 Å². The van der Waals surface area contributed by atoms with Crippen molar-refractivity contribution in [3.05, 3.63) is 29.3 Å². The zero-order valence-electron chi connectivity index (χ0n) is 15.1. The zero-order chi connectivity index (χ0) is 16.1. The molecule has 6 heteroatoms. The van der Waals surface area contributed by atoms with E-state index in [0.717, 1.165) is 42.7 Å². The topological polar surface area (TPSA) is 44.4 Å². The van der Waals surface area contributed by atoms with Gasteiger partial charge in [0.2, 0.25) is 0 Å². The van der Waals surface area contributed by atoms with Crippen LogP contribution in [0.3, 0.4) is 0 Å². The van der Waals surface area contributed by atoms with Crippen LogP contribution in [0.5, 0.6) is 0 Å². The number of nitrogens with zero attached hydrogens (tertiary/aromatic N) is 1. The van der Waals surface area contributed by atoms with E-state index in [4.69, 9.17) is 0 Å². The molecule has 2 N–H and O–H groups in total. The van der Waals surface area contributed by atoms with E-state index < -0.39 is 0 Å². The zero-order valence-corrected chi connectivity index (χ0v) is 16.7. The summed E-state index contributed by atoms with van der Waals surface area (Å²) in [4.78, 5) is 14.9. The van der Waals surface area contributed by atoms with E-state index in [9.17, 15) is 4.79 Å². The van der Waals surface area contributed by atoms with Crippen molar-refractivity contribution in [2.45, 2.75) is 52.6 Å². The number of carbonyl (C=O) groups excluding carboxylic acids is 1. The van der Waals surface area contributed by atoms with Gasteiger partial charge < -0.3 is 10.6 Å². The van der Waals surface area contributed by atoms with Gasteiger partial charge in [-0.3, -0.25) is 9.69 Å². The highest BCUT2D eigenvalue weighted by molar-refractivity contribution is 5.97. The Morgan fingerprint density at radius 1 is 1.21 bits per heavy atom. The molecule has 1 aromatic carbocycles. The van der Waals surface area contributed by atoms with Crippen molar-refractivity contribution < 1.29 is 4.79 Å². The van der Waals surface area contributed by atoms with E-state index in [0.29, 0.717) is 18.6 Å². The first-order chi connectivity index (χ1) is 10.5. The number of rotatable bonds is 6. The van der Waals surface area contributed by atoms with Gasteiger partial charge in [-0.25, -0.2) is 0 Å². The van der Waals surface area contributed by atoms with Crippen LogP contribution in [0.15, 0.2) is 18.2 Å². The molecule has 1 heterocycles. The van der Waals surface area contributed by atoms with Crippen molar-refractivity contribution in [2.75, 3.05) is 25.0 Å². The third-order valence-corrected chi connectivity index (χ3v) is 4.32. The van der Waals surface area contributed by atoms with Crippen LogP contribution in [0.1, 0.15) is 50.0 Å². The van der Waals surface area contributed by atoms with Crippen LogP contribution < -0.4 is 10.6 Å². The maximum atomic E-state index is 12.5. The van der Waals surface area contributed by atoms with Crippen LogP contribution in [-0.2, 0) is 6.42 Å². The van der Waals surface area contributed by atoms with Gasteiger partial charge in [-0.15, -0.1) is 24.8 Å². The lowest BCUT2D eigenvalue weighted by Gasteiger charge is -2.30. The molecule has 1 aromatic rings. The summed E-state index contributed by atoms with van der Waals surface area (Å²) in [5, 5.41) is 6.45. The molecule has 0 bridgehead atoms. The Morgan fingerprint density at radius 2 is 1.88 bits per heavy atom. The highest BCUT2D eigenvalue weighted by Crippen LogP contribution is 2.25. The second-order valence-electron chi connectivity index (χ2n) is 6.54. The number of fused-ring (bicyclic) bond motifs is 1. The lowest BCUT2D eigenvalue weighted by molar-refractivity contribution is 0.0938. The van der Waals surface area contributed by atoms with Gasteiger partial charge in [0.05, 0.1) is 0 Å². The smallest absolute Gasteiger partial charge is 0.251 e. The van der Waals surface area contributed by atoms with Gasteiger partial charge in [-0.2, -0.15) is 0 Å². The Hall–Kier alpha value is -0.970. The number of hydrogen-bond donors (Lipinski definition) is 2. The minimum Gasteiger partial charge on any atom is -0.385 e. The average Bonchev–Trinajstić information content (AvgIpc) is 2.50. The Kier molecular flexibility index (Phi) is 10.4. The van der Waals surface area contributed by atoms with E-state index in [2.05, 4.69) is 49.3 Å². The van der Waals surface area contributed by atoms with Crippen molar-refractivity contribution in [1.82, 2.24) is 10.2 Å². The first kappa shape index (κ1) is 23.0. The Balaban J connectivity index is 0.00000264. The summed E-state index contributed by atoms with van der Waals surface area (Å²) in [7, 11) is 0. The standard InChI is InChI=1S/C18H29N3O.2ClH/c1-13(2)21(14(3)4)12-11-20-18(22)16-7-5-9-17-15(16)8-6-10-19-17;;/h5,7,9,13-14,19H,6,8,10-12H2,1-4H3,(H,20,22);2*1H. The number of anilines is 1. The molecule has 0 atom stereocenters. The van der Waals surface area contributed by atoms with E-state index in [-0.39, 0.29) is 30.7 Å². The van der Waals surface area contributed by atoms with Gasteiger partial charge in [0.15, 0.2) is 0 Å². The van der Waals surface area contributed by atoms with Crippen LogP contribution in [0.4, 0.5) is 5.69 Å². The molecule has 0 aliphatic carbocycles. The predicted octanol–water partition coefficient (Wildman–Crippen LogP) is 3.74. The molecular formula is C18H31Cl2N3O. The number of halogens is 2. The first-order valence-electron chi connectivity index (χ1n) is 8.40. The molecule has 0 radical (unpaired) electrons. The molecule has 0 saturated carbocycles. The fourth-order valence-corrected chi connectivity index (χ4v) is 3.23. The van der Waals surface area contributed by atoms with Crippen LogP contribution >= 0.6 is 24.8 Å². The Morgan fingerprint density at radius 3 is 2.50 bits per heavy atom. The number of carbonyl (C=O) groups is 1. The maximum Gasteiger partial charge on any atom is 0.251 e. The molecule has 0 unspecified atom stereocenters. The van der Waals surface area contributed by atoms with Crippen molar-refractivity contribution in [3.63, 3.8) is 0 Å². The monoisotopic (exact) mass is 375 g/mol. The molecule has 138 valence electrons. The minimum absolute atomic E-state index is 0. The summed E-state index contributed by atoms with van der Waals surface area (Å²) < 4.78 is 0. The molecule has 0 aromatic heterocycles. The van der Waals surface area contributed by atoms with Crippen LogP contribution in [0.2, 0.25) is 0 Å². The summed E-state index contributed by atoms with van der Waals surface area (Å²) >= 11 is 0. The molecule has 1 amide bonds. The van der Waals surface area contributed by atoms with Crippen LogP contribution in [0, 0.1) is 0 Å². The summed E-state index contributed by atoms with van der Waals surface area (Å²) in [6.07, 6.45) is 2.07. The van der Waals surface area contributed by atoms with Crippen molar-refractivity contribution in [1.29, 1.82) is 0 Å². The molecule has 1 aliphatic heterocycles. The lowest BCUT2D eigenvalue weighted by Crippen LogP contribution is -2.42. The molecule has 2 rings (SSSR count). The van der Waals surface area contributed by atoms with Crippen molar-refractivity contribution in [2.24, 2.45) is 0 Å². The summed E-state index contributed by atoms with van der Waals surface area (Å²) in [5.41, 5.74) is 3.10. The van der Waals surface area contributed by atoms with Gasteiger partial charge >= 0.3 is 0 Å². The van der Waals surface area contributed by atoms with Gasteiger partial charge in [-0.05, 0) is 58.2 Å². The number of amides is 1.